The zero-order chi connectivity index (χ0) is 11.6. The van der Waals surface area contributed by atoms with Crippen LogP contribution in [-0.2, 0) is 0 Å². The lowest BCUT2D eigenvalue weighted by molar-refractivity contribution is -0.0493. The van der Waals surface area contributed by atoms with Gasteiger partial charge in [-0.2, -0.15) is 0 Å². The molecule has 1 heterocycles. The molecule has 1 saturated carbocycles. The van der Waals surface area contributed by atoms with E-state index >= 15 is 0 Å². The van der Waals surface area contributed by atoms with Crippen LogP contribution in [0.5, 0.6) is 0 Å². The Labute approximate surface area is 100 Å². The first-order valence-corrected chi connectivity index (χ1v) is 7.09. The molecule has 1 unspecified atom stereocenters. The summed E-state index contributed by atoms with van der Waals surface area (Å²) >= 11 is 0. The zero-order valence-corrected chi connectivity index (χ0v) is 10.9. The minimum Gasteiger partial charge on any atom is -0.390 e. The van der Waals surface area contributed by atoms with Crippen molar-refractivity contribution >= 4 is 0 Å². The number of nitrogens with zero attached hydrogens (tertiary/aromatic N) is 1. The molecule has 94 valence electrons. The molecule has 2 heteroatoms. The van der Waals surface area contributed by atoms with Crippen LogP contribution < -0.4 is 0 Å². The Morgan fingerprint density at radius 1 is 1.25 bits per heavy atom. The van der Waals surface area contributed by atoms with E-state index in [0.29, 0.717) is 6.04 Å². The number of likely N-dealkylation sites (tertiary alicyclic amines) is 1. The summed E-state index contributed by atoms with van der Waals surface area (Å²) < 4.78 is 0. The number of piperidine rings is 1. The summed E-state index contributed by atoms with van der Waals surface area (Å²) in [6, 6.07) is 1.40. The van der Waals surface area contributed by atoms with Crippen LogP contribution in [0, 0.1) is 0 Å². The normalized spacial score (nSPS) is 30.4. The van der Waals surface area contributed by atoms with Crippen molar-refractivity contribution in [2.75, 3.05) is 6.54 Å². The minimum absolute atomic E-state index is 0.278. The highest BCUT2D eigenvalue weighted by Gasteiger charge is 2.35. The summed E-state index contributed by atoms with van der Waals surface area (Å²) in [4.78, 5) is 2.64. The molecule has 0 bridgehead atoms. The van der Waals surface area contributed by atoms with Gasteiger partial charge in [-0.1, -0.05) is 6.42 Å². The fraction of sp³-hybridized carbons (Fsp3) is 1.00. The molecule has 1 aliphatic carbocycles. The third-order valence-electron chi connectivity index (χ3n) is 4.56. The zero-order valence-electron chi connectivity index (χ0n) is 10.9. The SMILES string of the molecule is CC(C)N1CCCCC1CCC1(O)CCC1. The number of hydrogen-bond donors (Lipinski definition) is 1. The van der Waals surface area contributed by atoms with Gasteiger partial charge in [-0.05, 0) is 65.3 Å². The van der Waals surface area contributed by atoms with E-state index in [4.69, 9.17) is 0 Å². The fourth-order valence-corrected chi connectivity index (χ4v) is 3.28. The average molecular weight is 225 g/mol. The van der Waals surface area contributed by atoms with Crippen LogP contribution in [0.2, 0.25) is 0 Å². The molecular weight excluding hydrogens is 198 g/mol. The third kappa shape index (κ3) is 2.78. The van der Waals surface area contributed by atoms with Gasteiger partial charge in [-0.15, -0.1) is 0 Å². The van der Waals surface area contributed by atoms with E-state index in [1.165, 1.54) is 38.6 Å². The van der Waals surface area contributed by atoms with Gasteiger partial charge in [0.05, 0.1) is 5.60 Å². The summed E-state index contributed by atoms with van der Waals surface area (Å²) in [7, 11) is 0. The first-order valence-electron chi connectivity index (χ1n) is 7.09. The standard InChI is InChI=1S/C14H27NO/c1-12(2)15-11-4-3-6-13(15)7-10-14(16)8-5-9-14/h12-13,16H,3-11H2,1-2H3. The van der Waals surface area contributed by atoms with E-state index in [9.17, 15) is 5.11 Å². The summed E-state index contributed by atoms with van der Waals surface area (Å²) in [5.74, 6) is 0. The van der Waals surface area contributed by atoms with Crippen molar-refractivity contribution in [3.63, 3.8) is 0 Å². The molecule has 1 saturated heterocycles. The van der Waals surface area contributed by atoms with Gasteiger partial charge in [-0.25, -0.2) is 0 Å². The maximum atomic E-state index is 10.1. The molecule has 0 spiro atoms. The van der Waals surface area contributed by atoms with Crippen molar-refractivity contribution in [1.82, 2.24) is 4.90 Å². The summed E-state index contributed by atoms with van der Waals surface area (Å²) in [6.45, 7) is 5.87. The lowest BCUT2D eigenvalue weighted by atomic mass is 9.76. The lowest BCUT2D eigenvalue weighted by Crippen LogP contribution is -2.46. The second kappa shape index (κ2) is 5.05. The molecule has 1 N–H and O–H groups in total. The van der Waals surface area contributed by atoms with Gasteiger partial charge < -0.3 is 5.11 Å². The van der Waals surface area contributed by atoms with E-state index in [2.05, 4.69) is 18.7 Å². The summed E-state index contributed by atoms with van der Waals surface area (Å²) in [5, 5.41) is 10.1. The minimum atomic E-state index is -0.278. The van der Waals surface area contributed by atoms with Crippen molar-refractivity contribution in [2.24, 2.45) is 0 Å². The van der Waals surface area contributed by atoms with Crippen LogP contribution in [0.15, 0.2) is 0 Å². The number of hydrogen-bond acceptors (Lipinski definition) is 2. The third-order valence-corrected chi connectivity index (χ3v) is 4.56. The molecule has 0 amide bonds. The van der Waals surface area contributed by atoms with E-state index < -0.39 is 0 Å². The van der Waals surface area contributed by atoms with Gasteiger partial charge in [0.1, 0.15) is 0 Å². The quantitative estimate of drug-likeness (QED) is 0.795. The Bertz CT molecular complexity index is 223. The van der Waals surface area contributed by atoms with Gasteiger partial charge >= 0.3 is 0 Å². The van der Waals surface area contributed by atoms with Crippen LogP contribution in [0.1, 0.15) is 65.2 Å². The van der Waals surface area contributed by atoms with E-state index in [1.807, 2.05) is 0 Å². The molecule has 2 rings (SSSR count). The van der Waals surface area contributed by atoms with Crippen molar-refractivity contribution in [1.29, 1.82) is 0 Å². The van der Waals surface area contributed by atoms with Gasteiger partial charge in [-0.3, -0.25) is 4.90 Å². The molecule has 1 aliphatic heterocycles. The second-order valence-corrected chi connectivity index (χ2v) is 6.10. The summed E-state index contributed by atoms with van der Waals surface area (Å²) in [5.41, 5.74) is -0.278. The Kier molecular flexibility index (Phi) is 3.91. The Hall–Kier alpha value is -0.0800. The average Bonchev–Trinajstić information content (AvgIpc) is 2.24. The van der Waals surface area contributed by atoms with Crippen molar-refractivity contribution in [3.8, 4) is 0 Å². The molecule has 0 aromatic rings. The second-order valence-electron chi connectivity index (χ2n) is 6.10. The van der Waals surface area contributed by atoms with Crippen LogP contribution in [0.25, 0.3) is 0 Å². The van der Waals surface area contributed by atoms with Gasteiger partial charge in [0, 0.05) is 12.1 Å². The van der Waals surface area contributed by atoms with Crippen LogP contribution in [-0.4, -0.2) is 34.2 Å². The molecule has 2 fully saturated rings. The largest absolute Gasteiger partial charge is 0.390 e. The molecule has 0 aromatic heterocycles. The monoisotopic (exact) mass is 225 g/mol. The van der Waals surface area contributed by atoms with Crippen LogP contribution in [0.4, 0.5) is 0 Å². The van der Waals surface area contributed by atoms with Crippen molar-refractivity contribution in [3.05, 3.63) is 0 Å². The Morgan fingerprint density at radius 3 is 2.56 bits per heavy atom. The Balaban J connectivity index is 1.81. The highest BCUT2D eigenvalue weighted by atomic mass is 16.3. The molecule has 2 nitrogen and oxygen atoms in total. The van der Waals surface area contributed by atoms with E-state index in [-0.39, 0.29) is 5.60 Å². The van der Waals surface area contributed by atoms with Gasteiger partial charge in [0.15, 0.2) is 0 Å². The highest BCUT2D eigenvalue weighted by molar-refractivity contribution is 4.90. The first kappa shape index (κ1) is 12.4. The topological polar surface area (TPSA) is 23.5 Å². The van der Waals surface area contributed by atoms with Crippen molar-refractivity contribution in [2.45, 2.75) is 82.9 Å². The molecule has 2 aliphatic rings. The molecule has 0 aromatic carbocycles. The van der Waals surface area contributed by atoms with E-state index in [1.54, 1.807) is 0 Å². The predicted octanol–water partition coefficient (Wildman–Crippen LogP) is 2.94. The predicted molar refractivity (Wildman–Crippen MR) is 67.5 cm³/mol. The number of aliphatic hydroxyl groups is 1. The lowest BCUT2D eigenvalue weighted by Gasteiger charge is -2.42. The van der Waals surface area contributed by atoms with Gasteiger partial charge in [0.25, 0.3) is 0 Å². The van der Waals surface area contributed by atoms with Crippen LogP contribution in [0.3, 0.4) is 0 Å². The molecular formula is C14H27NO. The molecule has 0 radical (unpaired) electrons. The van der Waals surface area contributed by atoms with Crippen LogP contribution >= 0.6 is 0 Å². The molecule has 16 heavy (non-hydrogen) atoms. The van der Waals surface area contributed by atoms with Crippen molar-refractivity contribution < 1.29 is 5.11 Å². The van der Waals surface area contributed by atoms with E-state index in [0.717, 1.165) is 25.3 Å². The fourth-order valence-electron chi connectivity index (χ4n) is 3.28. The summed E-state index contributed by atoms with van der Waals surface area (Å²) in [6.07, 6.45) is 9.63. The Morgan fingerprint density at radius 2 is 2.00 bits per heavy atom. The maximum absolute atomic E-state index is 10.1. The first-order chi connectivity index (χ1) is 7.61. The smallest absolute Gasteiger partial charge is 0.0648 e. The molecule has 1 atom stereocenters. The highest BCUT2D eigenvalue weighted by Crippen LogP contribution is 2.37. The van der Waals surface area contributed by atoms with Gasteiger partial charge in [0.2, 0.25) is 0 Å². The maximum Gasteiger partial charge on any atom is 0.0648 e. The number of rotatable bonds is 4.